The van der Waals surface area contributed by atoms with Gasteiger partial charge in [-0.05, 0) is 49.4 Å². The standard InChI is InChI=1S/C17H13ClFNO4/c1-10(21)11-2-5-13(6-3-11)20-16(22)9-24-17(23)14-8-12(18)4-7-15(14)19/h2-8H,9H2,1H3,(H,20,22). The van der Waals surface area contributed by atoms with Crippen LogP contribution in [-0.2, 0) is 9.53 Å². The normalized spacial score (nSPS) is 10.1. The van der Waals surface area contributed by atoms with E-state index in [2.05, 4.69) is 5.32 Å². The van der Waals surface area contributed by atoms with E-state index >= 15 is 0 Å². The van der Waals surface area contributed by atoms with Crippen molar-refractivity contribution >= 4 is 34.9 Å². The number of ketones is 1. The Hall–Kier alpha value is -2.73. The van der Waals surface area contributed by atoms with Crippen molar-refractivity contribution in [3.05, 3.63) is 64.4 Å². The van der Waals surface area contributed by atoms with Gasteiger partial charge in [0.2, 0.25) is 0 Å². The van der Waals surface area contributed by atoms with Crippen LogP contribution in [0.4, 0.5) is 10.1 Å². The highest BCUT2D eigenvalue weighted by Gasteiger charge is 2.15. The lowest BCUT2D eigenvalue weighted by atomic mass is 10.1. The maximum atomic E-state index is 13.5. The van der Waals surface area contributed by atoms with E-state index in [9.17, 15) is 18.8 Å². The molecule has 0 radical (unpaired) electrons. The van der Waals surface area contributed by atoms with Crippen LogP contribution in [0.1, 0.15) is 27.6 Å². The van der Waals surface area contributed by atoms with Gasteiger partial charge in [0.25, 0.3) is 5.91 Å². The summed E-state index contributed by atoms with van der Waals surface area (Å²) in [5.74, 6) is -2.46. The fourth-order valence-electron chi connectivity index (χ4n) is 1.85. The summed E-state index contributed by atoms with van der Waals surface area (Å²) in [6.07, 6.45) is 0. The minimum Gasteiger partial charge on any atom is -0.452 e. The number of amides is 1. The Kier molecular flexibility index (Phi) is 5.65. The molecule has 0 aliphatic heterocycles. The predicted octanol–water partition coefficient (Wildman–Crippen LogP) is 3.48. The molecule has 1 N–H and O–H groups in total. The molecule has 0 aliphatic rings. The number of hydrogen-bond donors (Lipinski definition) is 1. The van der Waals surface area contributed by atoms with Crippen LogP contribution in [0.15, 0.2) is 42.5 Å². The number of carbonyl (C=O) groups is 3. The van der Waals surface area contributed by atoms with Gasteiger partial charge in [-0.3, -0.25) is 9.59 Å². The van der Waals surface area contributed by atoms with Crippen molar-refractivity contribution < 1.29 is 23.5 Å². The smallest absolute Gasteiger partial charge is 0.341 e. The van der Waals surface area contributed by atoms with E-state index in [0.29, 0.717) is 11.3 Å². The molecular weight excluding hydrogens is 337 g/mol. The highest BCUT2D eigenvalue weighted by Crippen LogP contribution is 2.16. The number of anilines is 1. The number of Topliss-reactive ketones (excluding diaryl/α,β-unsaturated/α-hetero) is 1. The molecule has 2 rings (SSSR count). The average Bonchev–Trinajstić information content (AvgIpc) is 2.55. The second-order valence-corrected chi connectivity index (χ2v) is 5.32. The van der Waals surface area contributed by atoms with Gasteiger partial charge in [-0.15, -0.1) is 0 Å². The zero-order valence-electron chi connectivity index (χ0n) is 12.6. The fourth-order valence-corrected chi connectivity index (χ4v) is 2.02. The van der Waals surface area contributed by atoms with E-state index in [4.69, 9.17) is 16.3 Å². The third-order valence-corrected chi connectivity index (χ3v) is 3.29. The van der Waals surface area contributed by atoms with Gasteiger partial charge >= 0.3 is 5.97 Å². The first-order chi connectivity index (χ1) is 11.4. The molecule has 0 heterocycles. The Labute approximate surface area is 142 Å². The molecule has 0 aromatic heterocycles. The summed E-state index contributed by atoms with van der Waals surface area (Å²) < 4.78 is 18.3. The number of hydrogen-bond acceptors (Lipinski definition) is 4. The number of nitrogens with one attached hydrogen (secondary N) is 1. The summed E-state index contributed by atoms with van der Waals surface area (Å²) in [4.78, 5) is 34.7. The maximum Gasteiger partial charge on any atom is 0.341 e. The Morgan fingerprint density at radius 3 is 2.42 bits per heavy atom. The molecule has 2 aromatic rings. The molecule has 0 fully saturated rings. The number of benzene rings is 2. The van der Waals surface area contributed by atoms with Gasteiger partial charge in [0.1, 0.15) is 5.82 Å². The molecule has 0 atom stereocenters. The Morgan fingerprint density at radius 2 is 1.79 bits per heavy atom. The molecule has 0 bridgehead atoms. The molecule has 5 nitrogen and oxygen atoms in total. The van der Waals surface area contributed by atoms with Crippen LogP contribution in [0.25, 0.3) is 0 Å². The van der Waals surface area contributed by atoms with E-state index in [1.54, 1.807) is 24.3 Å². The van der Waals surface area contributed by atoms with E-state index in [1.165, 1.54) is 13.0 Å². The largest absolute Gasteiger partial charge is 0.452 e. The predicted molar refractivity (Wildman–Crippen MR) is 86.8 cm³/mol. The molecule has 0 aliphatic carbocycles. The molecule has 0 saturated heterocycles. The highest BCUT2D eigenvalue weighted by molar-refractivity contribution is 6.30. The average molecular weight is 350 g/mol. The van der Waals surface area contributed by atoms with Crippen LogP contribution in [0, 0.1) is 5.82 Å². The summed E-state index contributed by atoms with van der Waals surface area (Å²) in [7, 11) is 0. The van der Waals surface area contributed by atoms with Gasteiger partial charge in [0.05, 0.1) is 5.56 Å². The van der Waals surface area contributed by atoms with Gasteiger partial charge in [-0.1, -0.05) is 11.6 Å². The van der Waals surface area contributed by atoms with Crippen LogP contribution in [0.2, 0.25) is 5.02 Å². The number of esters is 1. The zero-order valence-corrected chi connectivity index (χ0v) is 13.4. The number of rotatable bonds is 5. The Balaban J connectivity index is 1.92. The molecule has 2 aromatic carbocycles. The van der Waals surface area contributed by atoms with Gasteiger partial charge in [0, 0.05) is 16.3 Å². The number of halogens is 2. The second-order valence-electron chi connectivity index (χ2n) is 4.88. The van der Waals surface area contributed by atoms with Crippen molar-refractivity contribution in [1.29, 1.82) is 0 Å². The Morgan fingerprint density at radius 1 is 1.12 bits per heavy atom. The SMILES string of the molecule is CC(=O)c1ccc(NC(=O)COC(=O)c2cc(Cl)ccc2F)cc1. The summed E-state index contributed by atoms with van der Waals surface area (Å²) in [5, 5.41) is 2.67. The van der Waals surface area contributed by atoms with Crippen LogP contribution in [0.3, 0.4) is 0 Å². The van der Waals surface area contributed by atoms with Crippen molar-refractivity contribution in [2.45, 2.75) is 6.92 Å². The quantitative estimate of drug-likeness (QED) is 0.662. The fraction of sp³-hybridized carbons (Fsp3) is 0.118. The number of ether oxygens (including phenoxy) is 1. The van der Waals surface area contributed by atoms with Crippen LogP contribution < -0.4 is 5.32 Å². The van der Waals surface area contributed by atoms with Crippen LogP contribution in [0.5, 0.6) is 0 Å². The lowest BCUT2D eigenvalue weighted by Gasteiger charge is -2.08. The van der Waals surface area contributed by atoms with Crippen molar-refractivity contribution in [2.24, 2.45) is 0 Å². The van der Waals surface area contributed by atoms with Crippen LogP contribution >= 0.6 is 11.6 Å². The molecule has 0 unspecified atom stereocenters. The summed E-state index contributed by atoms with van der Waals surface area (Å²) in [6, 6.07) is 9.68. The van der Waals surface area contributed by atoms with E-state index in [1.807, 2.05) is 0 Å². The zero-order chi connectivity index (χ0) is 17.7. The molecule has 0 saturated carbocycles. The van der Waals surface area contributed by atoms with Crippen LogP contribution in [-0.4, -0.2) is 24.3 Å². The lowest BCUT2D eigenvalue weighted by Crippen LogP contribution is -2.21. The van der Waals surface area contributed by atoms with Crippen molar-refractivity contribution in [2.75, 3.05) is 11.9 Å². The lowest BCUT2D eigenvalue weighted by molar-refractivity contribution is -0.119. The van der Waals surface area contributed by atoms with Gasteiger partial charge in [-0.25, -0.2) is 9.18 Å². The van der Waals surface area contributed by atoms with Crippen molar-refractivity contribution in [3.8, 4) is 0 Å². The van der Waals surface area contributed by atoms with Gasteiger partial charge < -0.3 is 10.1 Å². The van der Waals surface area contributed by atoms with Gasteiger partial charge in [0.15, 0.2) is 12.4 Å². The minimum absolute atomic E-state index is 0.0923. The molecule has 7 heteroatoms. The molecule has 0 spiro atoms. The van der Waals surface area contributed by atoms with E-state index in [-0.39, 0.29) is 16.4 Å². The maximum absolute atomic E-state index is 13.5. The topological polar surface area (TPSA) is 72.5 Å². The monoisotopic (exact) mass is 349 g/mol. The minimum atomic E-state index is -0.989. The third kappa shape index (κ3) is 4.63. The first-order valence-corrected chi connectivity index (χ1v) is 7.27. The molecule has 124 valence electrons. The summed E-state index contributed by atoms with van der Waals surface area (Å²) in [6.45, 7) is 0.848. The third-order valence-electron chi connectivity index (χ3n) is 3.06. The number of carbonyl (C=O) groups excluding carboxylic acids is 3. The Bertz CT molecular complexity index is 790. The van der Waals surface area contributed by atoms with Gasteiger partial charge in [-0.2, -0.15) is 0 Å². The summed E-state index contributed by atoms with van der Waals surface area (Å²) >= 11 is 5.69. The van der Waals surface area contributed by atoms with E-state index in [0.717, 1.165) is 12.1 Å². The first-order valence-electron chi connectivity index (χ1n) is 6.90. The first kappa shape index (κ1) is 17.6. The molecule has 1 amide bonds. The highest BCUT2D eigenvalue weighted by atomic mass is 35.5. The molecular formula is C17H13ClFNO4. The van der Waals surface area contributed by atoms with Crippen molar-refractivity contribution in [1.82, 2.24) is 0 Å². The summed E-state index contributed by atoms with van der Waals surface area (Å²) in [5.41, 5.74) is 0.604. The molecule has 24 heavy (non-hydrogen) atoms. The van der Waals surface area contributed by atoms with Crippen molar-refractivity contribution in [3.63, 3.8) is 0 Å². The van der Waals surface area contributed by atoms with E-state index < -0.39 is 24.3 Å². The second kappa shape index (κ2) is 7.70.